The van der Waals surface area contributed by atoms with Crippen LogP contribution >= 0.6 is 0 Å². The number of amides is 1. The fourth-order valence-corrected chi connectivity index (χ4v) is 2.08. The zero-order valence-electron chi connectivity index (χ0n) is 11.9. The Morgan fingerprint density at radius 2 is 1.81 bits per heavy atom. The Labute approximate surface area is 123 Å². The van der Waals surface area contributed by atoms with Gasteiger partial charge in [-0.15, -0.1) is 0 Å². The highest BCUT2D eigenvalue weighted by Crippen LogP contribution is 2.19. The molecule has 0 aliphatic rings. The number of aldehydes is 2. The molecule has 4 heteroatoms. The molecule has 0 saturated carbocycles. The molecule has 0 aliphatic carbocycles. The Kier molecular flexibility index (Phi) is 4.28. The van der Waals surface area contributed by atoms with Crippen molar-refractivity contribution in [3.8, 4) is 0 Å². The largest absolute Gasteiger partial charge is 0.311 e. The third-order valence-corrected chi connectivity index (χ3v) is 3.26. The Morgan fingerprint density at radius 1 is 1.05 bits per heavy atom. The number of rotatable bonds is 4. The Balaban J connectivity index is 2.39. The number of anilines is 1. The van der Waals surface area contributed by atoms with Crippen molar-refractivity contribution in [2.45, 2.75) is 6.92 Å². The van der Waals surface area contributed by atoms with Crippen LogP contribution in [0.3, 0.4) is 0 Å². The van der Waals surface area contributed by atoms with Gasteiger partial charge in [0.25, 0.3) is 5.91 Å². The molecule has 0 radical (unpaired) electrons. The molecule has 0 N–H and O–H groups in total. The molecule has 0 unspecified atom stereocenters. The highest BCUT2D eigenvalue weighted by Gasteiger charge is 2.17. The molecule has 0 atom stereocenters. The van der Waals surface area contributed by atoms with Crippen molar-refractivity contribution < 1.29 is 14.4 Å². The molecule has 0 spiro atoms. The average Bonchev–Trinajstić information content (AvgIpc) is 2.52. The molecule has 1 amide bonds. The van der Waals surface area contributed by atoms with E-state index in [2.05, 4.69) is 0 Å². The molecule has 0 fully saturated rings. The highest BCUT2D eigenvalue weighted by atomic mass is 16.2. The first-order valence-electron chi connectivity index (χ1n) is 6.46. The topological polar surface area (TPSA) is 54.5 Å². The van der Waals surface area contributed by atoms with Crippen molar-refractivity contribution >= 4 is 24.2 Å². The summed E-state index contributed by atoms with van der Waals surface area (Å²) in [6, 6.07) is 12.0. The lowest BCUT2D eigenvalue weighted by Gasteiger charge is -2.18. The van der Waals surface area contributed by atoms with Crippen molar-refractivity contribution in [1.29, 1.82) is 0 Å². The van der Waals surface area contributed by atoms with Gasteiger partial charge in [-0.1, -0.05) is 18.2 Å². The van der Waals surface area contributed by atoms with Crippen LogP contribution in [-0.2, 0) is 0 Å². The van der Waals surface area contributed by atoms with Crippen LogP contribution in [0, 0.1) is 6.92 Å². The number of nitrogens with zero attached hydrogens (tertiary/aromatic N) is 1. The second-order valence-corrected chi connectivity index (χ2v) is 4.79. The molecule has 0 bridgehead atoms. The maximum Gasteiger partial charge on any atom is 0.258 e. The molecule has 0 aromatic heterocycles. The summed E-state index contributed by atoms with van der Waals surface area (Å²) in [5.74, 6) is -0.292. The monoisotopic (exact) mass is 281 g/mol. The minimum Gasteiger partial charge on any atom is -0.311 e. The predicted octanol–water partition coefficient (Wildman–Crippen LogP) is 2.90. The van der Waals surface area contributed by atoms with Crippen molar-refractivity contribution in [2.75, 3.05) is 11.9 Å². The molecule has 2 aromatic carbocycles. The van der Waals surface area contributed by atoms with Gasteiger partial charge in [-0.3, -0.25) is 14.4 Å². The van der Waals surface area contributed by atoms with Gasteiger partial charge in [-0.05, 0) is 36.8 Å². The number of hydrogen-bond acceptors (Lipinski definition) is 3. The van der Waals surface area contributed by atoms with Crippen LogP contribution in [0.2, 0.25) is 0 Å². The molecule has 4 nitrogen and oxygen atoms in total. The summed E-state index contributed by atoms with van der Waals surface area (Å²) in [6.07, 6.45) is 1.23. The number of aryl methyl sites for hydroxylation is 1. The first kappa shape index (κ1) is 14.7. The van der Waals surface area contributed by atoms with E-state index in [1.54, 1.807) is 7.05 Å². The fourth-order valence-electron chi connectivity index (χ4n) is 2.08. The molecule has 0 heterocycles. The van der Waals surface area contributed by atoms with Crippen LogP contribution in [-0.4, -0.2) is 25.5 Å². The van der Waals surface area contributed by atoms with Crippen molar-refractivity contribution in [3.05, 3.63) is 64.7 Å². The van der Waals surface area contributed by atoms with Crippen LogP contribution in [0.1, 0.15) is 36.6 Å². The minimum atomic E-state index is -0.292. The lowest BCUT2D eigenvalue weighted by atomic mass is 10.0. The zero-order chi connectivity index (χ0) is 15.4. The van der Waals surface area contributed by atoms with Crippen molar-refractivity contribution in [3.63, 3.8) is 0 Å². The molecule has 21 heavy (non-hydrogen) atoms. The number of carbonyl (C=O) groups excluding carboxylic acids is 3. The van der Waals surface area contributed by atoms with Crippen molar-refractivity contribution in [1.82, 2.24) is 0 Å². The van der Waals surface area contributed by atoms with E-state index >= 15 is 0 Å². The standard InChI is InChI=1S/C17H15NO3/c1-12-4-3-5-15(8-12)18(2)17(21)16-7-6-13(10-19)9-14(16)11-20/h3-11H,1-2H3. The molecule has 0 aliphatic heterocycles. The third-order valence-electron chi connectivity index (χ3n) is 3.26. The zero-order valence-corrected chi connectivity index (χ0v) is 11.9. The Bertz CT molecular complexity index is 707. The van der Waals surface area contributed by atoms with Gasteiger partial charge in [-0.25, -0.2) is 0 Å². The Morgan fingerprint density at radius 3 is 2.43 bits per heavy atom. The van der Waals surface area contributed by atoms with Gasteiger partial charge in [0.2, 0.25) is 0 Å². The SMILES string of the molecule is Cc1cccc(N(C)C(=O)c2ccc(C=O)cc2C=O)c1. The summed E-state index contributed by atoms with van der Waals surface area (Å²) in [5, 5.41) is 0. The normalized spacial score (nSPS) is 10.0. The van der Waals surface area contributed by atoms with Gasteiger partial charge in [0, 0.05) is 23.9 Å². The summed E-state index contributed by atoms with van der Waals surface area (Å²) in [5.41, 5.74) is 2.64. The smallest absolute Gasteiger partial charge is 0.258 e. The van der Waals surface area contributed by atoms with Crippen molar-refractivity contribution in [2.24, 2.45) is 0 Å². The Hall–Kier alpha value is -2.75. The van der Waals surface area contributed by atoms with E-state index in [-0.39, 0.29) is 17.0 Å². The van der Waals surface area contributed by atoms with Gasteiger partial charge in [-0.2, -0.15) is 0 Å². The van der Waals surface area contributed by atoms with Crippen LogP contribution in [0.4, 0.5) is 5.69 Å². The van der Waals surface area contributed by atoms with E-state index in [1.807, 2.05) is 31.2 Å². The summed E-state index contributed by atoms with van der Waals surface area (Å²) in [4.78, 5) is 35.9. The summed E-state index contributed by atoms with van der Waals surface area (Å²) in [7, 11) is 1.65. The maximum absolute atomic E-state index is 12.5. The molecule has 2 aromatic rings. The molecular formula is C17H15NO3. The highest BCUT2D eigenvalue weighted by molar-refractivity contribution is 6.10. The molecular weight excluding hydrogens is 266 g/mol. The van der Waals surface area contributed by atoms with Gasteiger partial charge < -0.3 is 4.90 Å². The number of benzene rings is 2. The fraction of sp³-hybridized carbons (Fsp3) is 0.118. The number of carbonyl (C=O) groups is 3. The summed E-state index contributed by atoms with van der Waals surface area (Å²) >= 11 is 0. The van der Waals surface area contributed by atoms with Crippen LogP contribution < -0.4 is 4.90 Å². The summed E-state index contributed by atoms with van der Waals surface area (Å²) in [6.45, 7) is 1.94. The summed E-state index contributed by atoms with van der Waals surface area (Å²) < 4.78 is 0. The average molecular weight is 281 g/mol. The van der Waals surface area contributed by atoms with Gasteiger partial charge in [0.15, 0.2) is 6.29 Å². The van der Waals surface area contributed by atoms with E-state index in [4.69, 9.17) is 0 Å². The number of hydrogen-bond donors (Lipinski definition) is 0. The predicted molar refractivity (Wildman–Crippen MR) is 81.1 cm³/mol. The van der Waals surface area contributed by atoms with E-state index in [9.17, 15) is 14.4 Å². The van der Waals surface area contributed by atoms with Crippen LogP contribution in [0.5, 0.6) is 0 Å². The minimum absolute atomic E-state index is 0.212. The lowest BCUT2D eigenvalue weighted by Crippen LogP contribution is -2.27. The molecule has 0 saturated heterocycles. The van der Waals surface area contributed by atoms with E-state index in [0.717, 1.165) is 11.3 Å². The van der Waals surface area contributed by atoms with Gasteiger partial charge >= 0.3 is 0 Å². The molecule has 106 valence electrons. The second-order valence-electron chi connectivity index (χ2n) is 4.79. The maximum atomic E-state index is 12.5. The van der Waals surface area contributed by atoms with Crippen LogP contribution in [0.15, 0.2) is 42.5 Å². The first-order chi connectivity index (χ1) is 10.1. The van der Waals surface area contributed by atoms with E-state index < -0.39 is 0 Å². The van der Waals surface area contributed by atoms with Gasteiger partial charge in [0.1, 0.15) is 6.29 Å². The molecule has 2 rings (SSSR count). The second kappa shape index (κ2) is 6.13. The van der Waals surface area contributed by atoms with Crippen LogP contribution in [0.25, 0.3) is 0 Å². The quantitative estimate of drug-likeness (QED) is 0.810. The first-order valence-corrected chi connectivity index (χ1v) is 6.46. The van der Waals surface area contributed by atoms with E-state index in [1.165, 1.54) is 23.1 Å². The van der Waals surface area contributed by atoms with Gasteiger partial charge in [0.05, 0.1) is 5.56 Å². The lowest BCUT2D eigenvalue weighted by molar-refractivity contribution is 0.0985. The third kappa shape index (κ3) is 3.05. The van der Waals surface area contributed by atoms with E-state index in [0.29, 0.717) is 18.1 Å².